The second kappa shape index (κ2) is 10.0. The van der Waals surface area contributed by atoms with Crippen molar-refractivity contribution in [2.45, 2.75) is 6.92 Å². The molecule has 0 radical (unpaired) electrons. The lowest BCUT2D eigenvalue weighted by Crippen LogP contribution is -2.51. The van der Waals surface area contributed by atoms with Crippen molar-refractivity contribution < 1.29 is 28.6 Å². The maximum atomic E-state index is 12.1. The average molecular weight is 375 g/mol. The molecule has 1 heterocycles. The minimum absolute atomic E-state index is 0.304. The van der Waals surface area contributed by atoms with Crippen LogP contribution in [0, 0.1) is 11.3 Å². The molecule has 9 heteroatoms. The first-order valence-corrected chi connectivity index (χ1v) is 8.51. The van der Waals surface area contributed by atoms with Gasteiger partial charge in [-0.15, -0.1) is 0 Å². The summed E-state index contributed by atoms with van der Waals surface area (Å²) in [5.74, 6) is -0.574. The molecule has 144 valence electrons. The van der Waals surface area contributed by atoms with E-state index in [4.69, 9.17) is 19.5 Å². The molecule has 2 rings (SSSR count). The number of carbonyl (C=O) groups is 3. The summed E-state index contributed by atoms with van der Waals surface area (Å²) in [6.07, 6.45) is -0.393. The minimum Gasteiger partial charge on any atom is -0.482 e. The number of rotatable bonds is 6. The van der Waals surface area contributed by atoms with Crippen LogP contribution in [0.5, 0.6) is 5.75 Å². The van der Waals surface area contributed by atoms with Gasteiger partial charge in [-0.3, -0.25) is 4.79 Å². The summed E-state index contributed by atoms with van der Waals surface area (Å²) in [6.45, 7) is 2.79. The summed E-state index contributed by atoms with van der Waals surface area (Å²) >= 11 is 0. The zero-order valence-corrected chi connectivity index (χ0v) is 15.1. The molecule has 9 nitrogen and oxygen atoms in total. The maximum absolute atomic E-state index is 12.1. The highest BCUT2D eigenvalue weighted by Crippen LogP contribution is 2.11. The van der Waals surface area contributed by atoms with E-state index >= 15 is 0 Å². The summed E-state index contributed by atoms with van der Waals surface area (Å²) < 4.78 is 15.1. The summed E-state index contributed by atoms with van der Waals surface area (Å²) in [7, 11) is 0. The van der Waals surface area contributed by atoms with E-state index in [1.54, 1.807) is 31.2 Å². The van der Waals surface area contributed by atoms with E-state index in [1.807, 2.05) is 6.07 Å². The quantitative estimate of drug-likeness (QED) is 0.676. The lowest BCUT2D eigenvalue weighted by Gasteiger charge is -2.33. The first kappa shape index (κ1) is 20.0. The molecular formula is C18H21N3O6. The Morgan fingerprint density at radius 2 is 1.63 bits per heavy atom. The summed E-state index contributed by atoms with van der Waals surface area (Å²) in [4.78, 5) is 38.5. The van der Waals surface area contributed by atoms with Gasteiger partial charge >= 0.3 is 12.1 Å². The van der Waals surface area contributed by atoms with Gasteiger partial charge in [-0.05, 0) is 31.2 Å². The Balaban J connectivity index is 1.67. The Morgan fingerprint density at radius 3 is 2.22 bits per heavy atom. The van der Waals surface area contributed by atoms with E-state index in [9.17, 15) is 14.4 Å². The largest absolute Gasteiger partial charge is 0.482 e. The number of esters is 1. The molecule has 1 aliphatic heterocycles. The van der Waals surface area contributed by atoms with Crippen molar-refractivity contribution in [2.24, 2.45) is 0 Å². The number of nitrogens with zero attached hydrogens (tertiary/aromatic N) is 3. The van der Waals surface area contributed by atoms with Crippen molar-refractivity contribution in [2.75, 3.05) is 46.0 Å². The predicted octanol–water partition coefficient (Wildman–Crippen LogP) is 0.781. The zero-order valence-electron chi connectivity index (χ0n) is 15.1. The van der Waals surface area contributed by atoms with Gasteiger partial charge in [-0.25, -0.2) is 9.59 Å². The Kier molecular flexibility index (Phi) is 7.43. The standard InChI is InChI=1S/C18H21N3O6/c1-2-25-18(24)21-9-7-20(8-10-21)16(22)12-27-17(23)13-26-15-5-3-14(11-19)4-6-15/h3-6H,2,7-10,12-13H2,1H3. The molecule has 0 atom stereocenters. The molecule has 0 saturated carbocycles. The third-order valence-corrected chi connectivity index (χ3v) is 3.86. The van der Waals surface area contributed by atoms with Crippen molar-refractivity contribution in [3.8, 4) is 11.8 Å². The summed E-state index contributed by atoms with van der Waals surface area (Å²) in [5, 5.41) is 8.72. The molecule has 0 aliphatic carbocycles. The minimum atomic E-state index is -0.669. The number of hydrogen-bond donors (Lipinski definition) is 0. The fraction of sp³-hybridized carbons (Fsp3) is 0.444. The molecular weight excluding hydrogens is 354 g/mol. The van der Waals surface area contributed by atoms with Crippen LogP contribution in [-0.4, -0.2) is 73.8 Å². The molecule has 1 aromatic rings. The van der Waals surface area contributed by atoms with Crippen LogP contribution in [-0.2, 0) is 19.1 Å². The van der Waals surface area contributed by atoms with Crippen LogP contribution >= 0.6 is 0 Å². The maximum Gasteiger partial charge on any atom is 0.409 e. The van der Waals surface area contributed by atoms with Gasteiger partial charge < -0.3 is 24.0 Å². The van der Waals surface area contributed by atoms with Crippen LogP contribution < -0.4 is 4.74 Å². The van der Waals surface area contributed by atoms with E-state index in [-0.39, 0.29) is 19.1 Å². The first-order chi connectivity index (χ1) is 13.0. The fourth-order valence-electron chi connectivity index (χ4n) is 2.40. The molecule has 1 aliphatic rings. The number of carbonyl (C=O) groups excluding carboxylic acids is 3. The SMILES string of the molecule is CCOC(=O)N1CCN(C(=O)COC(=O)COc2ccc(C#N)cc2)CC1. The Hall–Kier alpha value is -3.28. The second-order valence-electron chi connectivity index (χ2n) is 5.65. The molecule has 0 aromatic heterocycles. The van der Waals surface area contributed by atoms with E-state index < -0.39 is 12.1 Å². The number of nitriles is 1. The van der Waals surface area contributed by atoms with Gasteiger partial charge in [-0.1, -0.05) is 0 Å². The lowest BCUT2D eigenvalue weighted by atomic mass is 10.2. The molecule has 1 saturated heterocycles. The Morgan fingerprint density at radius 1 is 1.00 bits per heavy atom. The topological polar surface area (TPSA) is 109 Å². The predicted molar refractivity (Wildman–Crippen MR) is 92.8 cm³/mol. The van der Waals surface area contributed by atoms with Crippen molar-refractivity contribution in [3.63, 3.8) is 0 Å². The van der Waals surface area contributed by atoms with Gasteiger partial charge in [0.15, 0.2) is 13.2 Å². The van der Waals surface area contributed by atoms with Crippen LogP contribution in [0.3, 0.4) is 0 Å². The van der Waals surface area contributed by atoms with Crippen LogP contribution in [0.4, 0.5) is 4.79 Å². The molecule has 0 N–H and O–H groups in total. The van der Waals surface area contributed by atoms with Crippen molar-refractivity contribution in [1.29, 1.82) is 5.26 Å². The monoisotopic (exact) mass is 375 g/mol. The number of hydrogen-bond acceptors (Lipinski definition) is 7. The molecule has 27 heavy (non-hydrogen) atoms. The number of amides is 2. The van der Waals surface area contributed by atoms with Crippen LogP contribution in [0.25, 0.3) is 0 Å². The molecule has 2 amide bonds. The van der Waals surface area contributed by atoms with Crippen LogP contribution in [0.2, 0.25) is 0 Å². The van der Waals surface area contributed by atoms with Crippen molar-refractivity contribution in [1.82, 2.24) is 9.80 Å². The number of benzene rings is 1. The first-order valence-electron chi connectivity index (χ1n) is 8.51. The van der Waals surface area contributed by atoms with E-state index in [1.165, 1.54) is 9.80 Å². The van der Waals surface area contributed by atoms with E-state index in [0.29, 0.717) is 44.1 Å². The molecule has 0 unspecified atom stereocenters. The lowest BCUT2D eigenvalue weighted by molar-refractivity contribution is -0.154. The van der Waals surface area contributed by atoms with Gasteiger partial charge in [-0.2, -0.15) is 5.26 Å². The van der Waals surface area contributed by atoms with Gasteiger partial charge in [0.2, 0.25) is 0 Å². The van der Waals surface area contributed by atoms with Gasteiger partial charge in [0.1, 0.15) is 5.75 Å². The average Bonchev–Trinajstić information content (AvgIpc) is 2.71. The highest BCUT2D eigenvalue weighted by molar-refractivity contribution is 5.81. The second-order valence-corrected chi connectivity index (χ2v) is 5.65. The molecule has 0 spiro atoms. The van der Waals surface area contributed by atoms with Gasteiger partial charge in [0, 0.05) is 26.2 Å². The Labute approximate surface area is 157 Å². The van der Waals surface area contributed by atoms with Crippen LogP contribution in [0.15, 0.2) is 24.3 Å². The normalized spacial score (nSPS) is 13.5. The zero-order chi connectivity index (χ0) is 19.6. The van der Waals surface area contributed by atoms with Gasteiger partial charge in [0.05, 0.1) is 18.2 Å². The number of ether oxygens (including phenoxy) is 3. The van der Waals surface area contributed by atoms with Crippen molar-refractivity contribution >= 4 is 18.0 Å². The van der Waals surface area contributed by atoms with Crippen molar-refractivity contribution in [3.05, 3.63) is 29.8 Å². The van der Waals surface area contributed by atoms with Crippen LogP contribution in [0.1, 0.15) is 12.5 Å². The van der Waals surface area contributed by atoms with E-state index in [0.717, 1.165) is 0 Å². The third kappa shape index (κ3) is 6.18. The molecule has 1 aromatic carbocycles. The highest BCUT2D eigenvalue weighted by atomic mass is 16.6. The smallest absolute Gasteiger partial charge is 0.409 e. The van der Waals surface area contributed by atoms with E-state index in [2.05, 4.69) is 0 Å². The third-order valence-electron chi connectivity index (χ3n) is 3.86. The molecule has 1 fully saturated rings. The fourth-order valence-corrected chi connectivity index (χ4v) is 2.40. The number of piperazine rings is 1. The highest BCUT2D eigenvalue weighted by Gasteiger charge is 2.25. The Bertz CT molecular complexity index is 705. The molecule has 0 bridgehead atoms. The summed E-state index contributed by atoms with van der Waals surface area (Å²) in [6, 6.07) is 8.26. The van der Waals surface area contributed by atoms with Gasteiger partial charge in [0.25, 0.3) is 5.91 Å². The summed E-state index contributed by atoms with van der Waals surface area (Å²) in [5.41, 5.74) is 0.485.